The number of halogens is 2. The lowest BCUT2D eigenvalue weighted by Crippen LogP contribution is -2.20. The van der Waals surface area contributed by atoms with Gasteiger partial charge in [0.2, 0.25) is 0 Å². The van der Waals surface area contributed by atoms with Crippen LogP contribution in [0.5, 0.6) is 0 Å². The van der Waals surface area contributed by atoms with Gasteiger partial charge in [0.1, 0.15) is 0 Å². The number of hydrogen-bond donors (Lipinski definition) is 0. The van der Waals surface area contributed by atoms with Crippen molar-refractivity contribution in [1.29, 1.82) is 0 Å². The van der Waals surface area contributed by atoms with Crippen LogP contribution in [0.4, 0.5) is 8.78 Å². The van der Waals surface area contributed by atoms with E-state index in [2.05, 4.69) is 6.92 Å². The van der Waals surface area contributed by atoms with Gasteiger partial charge in [0.25, 0.3) is 0 Å². The Kier molecular flexibility index (Phi) is 5.38. The zero-order valence-electron chi connectivity index (χ0n) is 14.6. The van der Waals surface area contributed by atoms with E-state index in [1.807, 2.05) is 0 Å². The molecule has 0 nitrogen and oxygen atoms in total. The van der Waals surface area contributed by atoms with E-state index in [4.69, 9.17) is 0 Å². The van der Waals surface area contributed by atoms with Crippen molar-refractivity contribution in [2.24, 2.45) is 17.8 Å². The summed E-state index contributed by atoms with van der Waals surface area (Å²) in [6.45, 7) is 4.00. The van der Waals surface area contributed by atoms with E-state index in [1.54, 1.807) is 19.1 Å². The van der Waals surface area contributed by atoms with Crippen LogP contribution in [0.2, 0.25) is 0 Å². The zero-order valence-corrected chi connectivity index (χ0v) is 14.6. The molecular weight excluding hydrogens is 290 g/mol. The van der Waals surface area contributed by atoms with Crippen LogP contribution in [-0.2, 0) is 0 Å². The fraction of sp³-hybridized carbons (Fsp3) is 0.714. The minimum Gasteiger partial charge on any atom is -0.203 e. The second kappa shape index (κ2) is 7.32. The number of rotatable bonds is 3. The molecule has 0 aliphatic heterocycles. The number of aryl methyl sites for hydroxylation is 1. The van der Waals surface area contributed by atoms with E-state index < -0.39 is 11.6 Å². The molecule has 0 amide bonds. The monoisotopic (exact) mass is 320 g/mol. The molecule has 2 fully saturated rings. The Morgan fingerprint density at radius 1 is 0.826 bits per heavy atom. The summed E-state index contributed by atoms with van der Waals surface area (Å²) < 4.78 is 28.0. The van der Waals surface area contributed by atoms with Crippen molar-refractivity contribution in [3.8, 4) is 0 Å². The van der Waals surface area contributed by atoms with Gasteiger partial charge in [-0.15, -0.1) is 0 Å². The van der Waals surface area contributed by atoms with Crippen LogP contribution in [-0.4, -0.2) is 0 Å². The van der Waals surface area contributed by atoms with E-state index in [1.165, 1.54) is 44.9 Å². The Bertz CT molecular complexity index is 521. The lowest BCUT2D eigenvalue weighted by molar-refractivity contribution is 0.210. The Labute approximate surface area is 139 Å². The summed E-state index contributed by atoms with van der Waals surface area (Å²) >= 11 is 0. The van der Waals surface area contributed by atoms with Crippen molar-refractivity contribution >= 4 is 0 Å². The highest BCUT2D eigenvalue weighted by molar-refractivity contribution is 5.28. The summed E-state index contributed by atoms with van der Waals surface area (Å²) in [6.07, 6.45) is 11.4. The topological polar surface area (TPSA) is 0 Å². The Hall–Kier alpha value is -0.920. The van der Waals surface area contributed by atoms with Gasteiger partial charge < -0.3 is 0 Å². The standard InChI is InChI=1S/C21H30F2/c1-14-3-6-16(7-4-14)13-17-8-10-18(11-9-17)19-12-5-15(2)20(22)21(19)23/h5,12,14,16-18H,3-4,6-11,13H2,1-2H3. The van der Waals surface area contributed by atoms with Crippen LogP contribution in [0, 0.1) is 36.3 Å². The first-order valence-electron chi connectivity index (χ1n) is 9.49. The minimum atomic E-state index is -0.652. The van der Waals surface area contributed by atoms with Crippen molar-refractivity contribution < 1.29 is 8.78 Å². The summed E-state index contributed by atoms with van der Waals surface area (Å²) in [7, 11) is 0. The van der Waals surface area contributed by atoms with E-state index in [9.17, 15) is 8.78 Å². The minimum absolute atomic E-state index is 0.215. The fourth-order valence-electron chi connectivity index (χ4n) is 4.72. The van der Waals surface area contributed by atoms with Gasteiger partial charge in [-0.2, -0.15) is 0 Å². The number of hydrogen-bond acceptors (Lipinski definition) is 0. The Morgan fingerprint density at radius 3 is 2.00 bits per heavy atom. The molecule has 0 unspecified atom stereocenters. The molecule has 0 spiro atoms. The van der Waals surface area contributed by atoms with Crippen molar-refractivity contribution in [2.75, 3.05) is 0 Å². The maximum absolute atomic E-state index is 14.2. The van der Waals surface area contributed by atoms with Crippen LogP contribution in [0.3, 0.4) is 0 Å². The SMILES string of the molecule is Cc1ccc(C2CCC(CC3CCC(C)CC3)CC2)c(F)c1F. The van der Waals surface area contributed by atoms with Crippen LogP contribution >= 0.6 is 0 Å². The summed E-state index contributed by atoms with van der Waals surface area (Å²) in [5.74, 6) is 1.61. The second-order valence-corrected chi connectivity index (χ2v) is 8.18. The molecule has 2 heteroatoms. The molecule has 128 valence electrons. The molecule has 0 atom stereocenters. The van der Waals surface area contributed by atoms with Gasteiger partial charge in [-0.05, 0) is 73.8 Å². The Morgan fingerprint density at radius 2 is 1.39 bits per heavy atom. The molecule has 0 aromatic heterocycles. The molecule has 0 radical (unpaired) electrons. The van der Waals surface area contributed by atoms with Crippen LogP contribution in [0.25, 0.3) is 0 Å². The molecule has 2 saturated carbocycles. The largest absolute Gasteiger partial charge is 0.203 e. The predicted molar refractivity (Wildman–Crippen MR) is 91.5 cm³/mol. The molecule has 0 bridgehead atoms. The van der Waals surface area contributed by atoms with E-state index in [0.29, 0.717) is 11.1 Å². The van der Waals surface area contributed by atoms with Gasteiger partial charge in [-0.25, -0.2) is 8.78 Å². The molecule has 0 N–H and O–H groups in total. The normalized spacial score (nSPS) is 32.0. The summed E-state index contributed by atoms with van der Waals surface area (Å²) in [4.78, 5) is 0. The highest BCUT2D eigenvalue weighted by Gasteiger charge is 2.28. The molecule has 1 aromatic carbocycles. The quantitative estimate of drug-likeness (QED) is 0.577. The molecule has 3 rings (SSSR count). The lowest BCUT2D eigenvalue weighted by Gasteiger charge is -2.33. The van der Waals surface area contributed by atoms with E-state index >= 15 is 0 Å². The number of benzene rings is 1. The average molecular weight is 320 g/mol. The summed E-state index contributed by atoms with van der Waals surface area (Å²) in [5.41, 5.74) is 1.02. The third kappa shape index (κ3) is 3.95. The molecule has 2 aliphatic rings. The first kappa shape index (κ1) is 16.9. The summed E-state index contributed by atoms with van der Waals surface area (Å²) in [5, 5.41) is 0. The molecule has 0 heterocycles. The summed E-state index contributed by atoms with van der Waals surface area (Å²) in [6, 6.07) is 3.53. The van der Waals surface area contributed by atoms with Gasteiger partial charge >= 0.3 is 0 Å². The fourth-order valence-corrected chi connectivity index (χ4v) is 4.72. The van der Waals surface area contributed by atoms with Crippen molar-refractivity contribution in [3.05, 3.63) is 34.9 Å². The maximum atomic E-state index is 14.2. The zero-order chi connectivity index (χ0) is 16.4. The first-order chi connectivity index (χ1) is 11.0. The average Bonchev–Trinajstić information content (AvgIpc) is 2.56. The van der Waals surface area contributed by atoms with E-state index in [0.717, 1.165) is 30.6 Å². The highest BCUT2D eigenvalue weighted by atomic mass is 19.2. The van der Waals surface area contributed by atoms with Crippen LogP contribution in [0.1, 0.15) is 81.8 Å². The smallest absolute Gasteiger partial charge is 0.162 e. The van der Waals surface area contributed by atoms with Gasteiger partial charge in [0, 0.05) is 0 Å². The molecule has 0 saturated heterocycles. The molecular formula is C21H30F2. The van der Waals surface area contributed by atoms with Crippen LogP contribution < -0.4 is 0 Å². The van der Waals surface area contributed by atoms with Gasteiger partial charge in [-0.1, -0.05) is 44.7 Å². The second-order valence-electron chi connectivity index (χ2n) is 8.18. The molecule has 2 aliphatic carbocycles. The van der Waals surface area contributed by atoms with Crippen molar-refractivity contribution in [2.45, 2.75) is 77.6 Å². The van der Waals surface area contributed by atoms with Gasteiger partial charge in [-0.3, -0.25) is 0 Å². The third-order valence-corrected chi connectivity index (χ3v) is 6.39. The Balaban J connectivity index is 1.53. The van der Waals surface area contributed by atoms with Gasteiger partial charge in [0.15, 0.2) is 11.6 Å². The molecule has 23 heavy (non-hydrogen) atoms. The van der Waals surface area contributed by atoms with Gasteiger partial charge in [0.05, 0.1) is 0 Å². The van der Waals surface area contributed by atoms with Crippen molar-refractivity contribution in [1.82, 2.24) is 0 Å². The third-order valence-electron chi connectivity index (χ3n) is 6.39. The van der Waals surface area contributed by atoms with Crippen LogP contribution in [0.15, 0.2) is 12.1 Å². The molecule has 1 aromatic rings. The first-order valence-corrected chi connectivity index (χ1v) is 9.49. The highest BCUT2D eigenvalue weighted by Crippen LogP contribution is 2.42. The predicted octanol–water partition coefficient (Wildman–Crippen LogP) is 6.76. The van der Waals surface area contributed by atoms with Crippen molar-refractivity contribution in [3.63, 3.8) is 0 Å². The lowest BCUT2D eigenvalue weighted by atomic mass is 9.72. The maximum Gasteiger partial charge on any atom is 0.162 e. The van der Waals surface area contributed by atoms with E-state index in [-0.39, 0.29) is 5.92 Å².